The summed E-state index contributed by atoms with van der Waals surface area (Å²) < 4.78 is 68.8. The molecule has 11 heteroatoms. The van der Waals surface area contributed by atoms with Gasteiger partial charge in [-0.15, -0.1) is 0 Å². The average molecular weight is 590 g/mol. The Bertz CT molecular complexity index is 1470. The van der Waals surface area contributed by atoms with Crippen LogP contribution in [0.2, 0.25) is 0 Å². The molecule has 0 saturated heterocycles. The molecule has 41 heavy (non-hydrogen) atoms. The first-order chi connectivity index (χ1) is 19.0. The van der Waals surface area contributed by atoms with Crippen molar-refractivity contribution in [1.82, 2.24) is 10.2 Å². The summed E-state index contributed by atoms with van der Waals surface area (Å²) in [6.07, 6.45) is -4.74. The maximum absolute atomic E-state index is 13.9. The molecule has 0 bridgehead atoms. The molecule has 0 saturated carbocycles. The van der Waals surface area contributed by atoms with Crippen LogP contribution in [-0.4, -0.2) is 43.3 Å². The molecule has 0 aliphatic heterocycles. The summed E-state index contributed by atoms with van der Waals surface area (Å²) in [7, 11) is -4.48. The van der Waals surface area contributed by atoms with Crippen LogP contribution < -0.4 is 9.62 Å². The lowest BCUT2D eigenvalue weighted by molar-refractivity contribution is -0.140. The van der Waals surface area contributed by atoms with Gasteiger partial charge in [0.2, 0.25) is 11.8 Å². The molecule has 3 rings (SSSR count). The molecule has 0 unspecified atom stereocenters. The van der Waals surface area contributed by atoms with E-state index in [4.69, 9.17) is 0 Å². The second kappa shape index (κ2) is 12.3. The van der Waals surface area contributed by atoms with E-state index in [0.717, 1.165) is 17.7 Å². The fourth-order valence-electron chi connectivity index (χ4n) is 4.03. The fourth-order valence-corrected chi connectivity index (χ4v) is 5.46. The van der Waals surface area contributed by atoms with Crippen LogP contribution in [0.5, 0.6) is 0 Å². The number of carbonyl (C=O) groups excluding carboxylic acids is 2. The molecular formula is C30H34F3N3O4S. The third-order valence-electron chi connectivity index (χ3n) is 6.21. The predicted octanol–water partition coefficient (Wildman–Crippen LogP) is 5.54. The Morgan fingerprint density at radius 2 is 1.51 bits per heavy atom. The molecule has 0 aliphatic carbocycles. The van der Waals surface area contributed by atoms with Crippen LogP contribution >= 0.6 is 0 Å². The van der Waals surface area contributed by atoms with E-state index in [1.54, 1.807) is 39.0 Å². The van der Waals surface area contributed by atoms with Gasteiger partial charge in [0, 0.05) is 12.1 Å². The topological polar surface area (TPSA) is 86.8 Å². The highest BCUT2D eigenvalue weighted by molar-refractivity contribution is 7.92. The van der Waals surface area contributed by atoms with E-state index < -0.39 is 51.7 Å². The SMILES string of the molecule is Cc1ccc(CN(C(=O)CN(c2cccc(C(F)(F)F)c2)S(=O)(=O)c2ccccc2)[C@H](C)C(=O)NC(C)(C)C)cc1. The monoisotopic (exact) mass is 589 g/mol. The minimum absolute atomic E-state index is 0.0281. The van der Waals surface area contributed by atoms with Gasteiger partial charge < -0.3 is 10.2 Å². The van der Waals surface area contributed by atoms with Crippen molar-refractivity contribution < 1.29 is 31.2 Å². The van der Waals surface area contributed by atoms with Crippen molar-refractivity contribution in [3.8, 4) is 0 Å². The summed E-state index contributed by atoms with van der Waals surface area (Å²) in [6.45, 7) is 7.90. The first kappa shape index (κ1) is 31.7. The largest absolute Gasteiger partial charge is 0.416 e. The van der Waals surface area contributed by atoms with Gasteiger partial charge in [-0.05, 0) is 70.5 Å². The van der Waals surface area contributed by atoms with Crippen molar-refractivity contribution in [2.75, 3.05) is 10.8 Å². The van der Waals surface area contributed by atoms with Gasteiger partial charge in [-0.2, -0.15) is 13.2 Å². The molecular weight excluding hydrogens is 555 g/mol. The molecule has 3 aromatic carbocycles. The van der Waals surface area contributed by atoms with Gasteiger partial charge in [-0.3, -0.25) is 13.9 Å². The number of nitrogens with zero attached hydrogens (tertiary/aromatic N) is 2. The van der Waals surface area contributed by atoms with E-state index in [2.05, 4.69) is 5.32 Å². The zero-order valence-electron chi connectivity index (χ0n) is 23.6. The Kier molecular flexibility index (Phi) is 9.53. The Balaban J connectivity index is 2.08. The molecule has 0 spiro atoms. The number of carbonyl (C=O) groups is 2. The molecule has 7 nitrogen and oxygen atoms in total. The summed E-state index contributed by atoms with van der Waals surface area (Å²) in [5.41, 5.74) is -0.333. The van der Waals surface area contributed by atoms with E-state index in [9.17, 15) is 31.2 Å². The minimum atomic E-state index is -4.74. The third-order valence-corrected chi connectivity index (χ3v) is 8.00. The number of benzene rings is 3. The van der Waals surface area contributed by atoms with Gasteiger partial charge >= 0.3 is 6.18 Å². The van der Waals surface area contributed by atoms with Gasteiger partial charge in [0.05, 0.1) is 16.1 Å². The van der Waals surface area contributed by atoms with Crippen LogP contribution in [-0.2, 0) is 32.3 Å². The summed E-state index contributed by atoms with van der Waals surface area (Å²) in [5, 5.41) is 2.82. The molecule has 0 fully saturated rings. The minimum Gasteiger partial charge on any atom is -0.350 e. The van der Waals surface area contributed by atoms with Crippen molar-refractivity contribution in [3.05, 3.63) is 95.6 Å². The van der Waals surface area contributed by atoms with E-state index in [0.29, 0.717) is 15.9 Å². The van der Waals surface area contributed by atoms with Gasteiger partial charge in [-0.25, -0.2) is 8.42 Å². The lowest BCUT2D eigenvalue weighted by Crippen LogP contribution is -2.54. The van der Waals surface area contributed by atoms with E-state index in [1.807, 2.05) is 19.1 Å². The smallest absolute Gasteiger partial charge is 0.350 e. The first-order valence-electron chi connectivity index (χ1n) is 12.9. The van der Waals surface area contributed by atoms with E-state index in [1.165, 1.54) is 42.2 Å². The normalized spacial score (nSPS) is 12.9. The predicted molar refractivity (Wildman–Crippen MR) is 152 cm³/mol. The van der Waals surface area contributed by atoms with Crippen LogP contribution in [0.3, 0.4) is 0 Å². The molecule has 0 aromatic heterocycles. The summed E-state index contributed by atoms with van der Waals surface area (Å²) in [5.74, 6) is -1.23. The second-order valence-corrected chi connectivity index (χ2v) is 12.7. The highest BCUT2D eigenvalue weighted by Crippen LogP contribution is 2.33. The standard InChI is InChI=1S/C30H34F3N3O4S/c1-21-14-16-23(17-15-21)19-35(22(2)28(38)34-29(3,4)5)27(37)20-36(41(39,40)26-12-7-6-8-13-26)25-11-9-10-24(18-25)30(31,32)33/h6-18,22H,19-20H2,1-5H3,(H,34,38)/t22-/m1/s1. The summed E-state index contributed by atoms with van der Waals surface area (Å²) in [4.78, 5) is 28.0. The Hall–Kier alpha value is -3.86. The Morgan fingerprint density at radius 3 is 2.07 bits per heavy atom. The van der Waals surface area contributed by atoms with Crippen molar-refractivity contribution in [1.29, 1.82) is 0 Å². The van der Waals surface area contributed by atoms with E-state index >= 15 is 0 Å². The molecule has 1 N–H and O–H groups in total. The number of sulfonamides is 1. The van der Waals surface area contributed by atoms with E-state index in [-0.39, 0.29) is 17.1 Å². The van der Waals surface area contributed by atoms with Gasteiger partial charge in [0.1, 0.15) is 12.6 Å². The van der Waals surface area contributed by atoms with Crippen molar-refractivity contribution >= 4 is 27.5 Å². The quantitative estimate of drug-likeness (QED) is 0.355. The fraction of sp³-hybridized carbons (Fsp3) is 0.333. The second-order valence-electron chi connectivity index (χ2n) is 10.8. The lowest BCUT2D eigenvalue weighted by atomic mass is 10.1. The lowest BCUT2D eigenvalue weighted by Gasteiger charge is -2.33. The van der Waals surface area contributed by atoms with Crippen LogP contribution in [0.15, 0.2) is 83.8 Å². The molecule has 0 aliphatic rings. The zero-order valence-corrected chi connectivity index (χ0v) is 24.4. The molecule has 220 valence electrons. The number of halogens is 3. The summed E-state index contributed by atoms with van der Waals surface area (Å²) in [6, 6.07) is 17.2. The molecule has 1 atom stereocenters. The Morgan fingerprint density at radius 1 is 0.902 bits per heavy atom. The number of alkyl halides is 3. The molecule has 2 amide bonds. The van der Waals surface area contributed by atoms with Crippen LogP contribution in [0.1, 0.15) is 44.4 Å². The number of amides is 2. The third kappa shape index (κ3) is 8.32. The number of aryl methyl sites for hydroxylation is 1. The highest BCUT2D eigenvalue weighted by atomic mass is 32.2. The number of hydrogen-bond donors (Lipinski definition) is 1. The molecule has 0 radical (unpaired) electrons. The van der Waals surface area contributed by atoms with Crippen molar-refractivity contribution in [2.24, 2.45) is 0 Å². The number of rotatable bonds is 9. The van der Waals surface area contributed by atoms with Gasteiger partial charge in [0.15, 0.2) is 0 Å². The number of nitrogens with one attached hydrogen (secondary N) is 1. The van der Waals surface area contributed by atoms with Crippen LogP contribution in [0, 0.1) is 6.92 Å². The van der Waals surface area contributed by atoms with Crippen LogP contribution in [0.25, 0.3) is 0 Å². The zero-order chi connectivity index (χ0) is 30.6. The van der Waals surface area contributed by atoms with Crippen molar-refractivity contribution in [2.45, 2.75) is 63.8 Å². The van der Waals surface area contributed by atoms with Crippen LogP contribution in [0.4, 0.5) is 18.9 Å². The summed E-state index contributed by atoms with van der Waals surface area (Å²) >= 11 is 0. The van der Waals surface area contributed by atoms with Crippen molar-refractivity contribution in [3.63, 3.8) is 0 Å². The average Bonchev–Trinajstić information content (AvgIpc) is 2.90. The molecule has 0 heterocycles. The van der Waals surface area contributed by atoms with Gasteiger partial charge in [-0.1, -0.05) is 54.1 Å². The maximum atomic E-state index is 13.9. The van der Waals surface area contributed by atoms with Gasteiger partial charge in [0.25, 0.3) is 10.0 Å². The highest BCUT2D eigenvalue weighted by Gasteiger charge is 2.35. The molecule has 3 aromatic rings. The Labute approximate surface area is 239 Å². The maximum Gasteiger partial charge on any atom is 0.416 e. The number of hydrogen-bond acceptors (Lipinski definition) is 4. The number of anilines is 1. The first-order valence-corrected chi connectivity index (χ1v) is 14.3.